The maximum atomic E-state index is 13.1. The number of methoxy groups -OCH3 is 1. The van der Waals surface area contributed by atoms with Gasteiger partial charge in [0.25, 0.3) is 0 Å². The molecule has 1 saturated heterocycles. The van der Waals surface area contributed by atoms with E-state index < -0.39 is 0 Å². The van der Waals surface area contributed by atoms with Gasteiger partial charge in [0.1, 0.15) is 23.5 Å². The van der Waals surface area contributed by atoms with Gasteiger partial charge in [-0.15, -0.1) is 0 Å². The first kappa shape index (κ1) is 25.2. The molecule has 6 rings (SSSR count). The second kappa shape index (κ2) is 11.3. The summed E-state index contributed by atoms with van der Waals surface area (Å²) < 4.78 is 11.2. The fourth-order valence-corrected chi connectivity index (χ4v) is 4.80. The Bertz CT molecular complexity index is 1290. The fraction of sp³-hybridized carbons (Fsp3) is 0.440. The number of H-pyrrole nitrogens is 1. The first-order valence-corrected chi connectivity index (χ1v) is 12.7. The minimum absolute atomic E-state index is 0.0400. The van der Waals surface area contributed by atoms with Gasteiger partial charge < -0.3 is 29.4 Å². The molecule has 3 aliphatic rings. The van der Waals surface area contributed by atoms with Crippen molar-refractivity contribution in [2.45, 2.75) is 6.42 Å². The van der Waals surface area contributed by atoms with Crippen molar-refractivity contribution < 1.29 is 19.4 Å². The third-order valence-corrected chi connectivity index (χ3v) is 6.94. The number of ether oxygens (including phenoxy) is 2. The van der Waals surface area contributed by atoms with Crippen molar-refractivity contribution in [3.63, 3.8) is 0 Å². The summed E-state index contributed by atoms with van der Waals surface area (Å²) in [5.74, 6) is 1.26. The number of nitrogens with one attached hydrogen (secondary N) is 1. The summed E-state index contributed by atoms with van der Waals surface area (Å²) in [6, 6.07) is 5.29. The molecule has 1 fully saturated rings. The largest absolute Gasteiger partial charge is 0.494 e. The Kier molecular flexibility index (Phi) is 7.73. The van der Waals surface area contributed by atoms with E-state index in [1.807, 2.05) is 4.90 Å². The highest BCUT2D eigenvalue weighted by atomic mass is 35.5. The van der Waals surface area contributed by atoms with Crippen LogP contribution in [0.3, 0.4) is 0 Å². The number of hydrogen-bond acceptors (Lipinski definition) is 9. The quantitative estimate of drug-likeness (QED) is 0.533. The maximum Gasteiger partial charge on any atom is 0.236 e. The number of carbonyl (C=O) groups excluding carboxylic acids is 1. The number of carbonyl (C=O) groups is 1. The molecule has 3 aromatic rings. The molecule has 5 heterocycles. The van der Waals surface area contributed by atoms with Crippen LogP contribution in [0.1, 0.15) is 12.0 Å². The summed E-state index contributed by atoms with van der Waals surface area (Å²) in [6.45, 7) is 5.05. The number of hydrogen-bond donors (Lipinski definition) is 2. The standard InChI is InChI=1S/C25H30ClN7O4/c1-36-12-10-31-5-2-11-37-20-13-17(3-4-19(20)26)27-14-18-22-23(30-25(18)35)28-16-29-24(22)33-8-6-32(7-9-33)21(34)15-31/h3-4,13-14,16,35H,2,5-12,15H2,1H3,(H,28,29,30). The highest BCUT2D eigenvalue weighted by Gasteiger charge is 2.26. The fourth-order valence-electron chi connectivity index (χ4n) is 4.62. The van der Waals surface area contributed by atoms with Crippen molar-refractivity contribution in [3.8, 4) is 11.6 Å². The third kappa shape index (κ3) is 5.63. The van der Waals surface area contributed by atoms with Gasteiger partial charge in [-0.05, 0) is 18.6 Å². The van der Waals surface area contributed by atoms with Crippen LogP contribution >= 0.6 is 11.6 Å². The molecule has 0 saturated carbocycles. The predicted molar refractivity (Wildman–Crippen MR) is 141 cm³/mol. The topological polar surface area (TPSA) is 119 Å². The van der Waals surface area contributed by atoms with Gasteiger partial charge in [-0.3, -0.25) is 14.7 Å². The SMILES string of the molecule is COCCN1CCCOc2cc(ccc2Cl)N=Cc2c(O)[nH]c3ncnc(c23)N2CCN(CC2)C(=O)C1. The summed E-state index contributed by atoms with van der Waals surface area (Å²) in [7, 11) is 1.66. The molecule has 0 radical (unpaired) electrons. The molecule has 2 N–H and O–H groups in total. The van der Waals surface area contributed by atoms with Crippen molar-refractivity contribution in [1.82, 2.24) is 24.8 Å². The maximum absolute atomic E-state index is 13.1. The molecule has 0 aliphatic carbocycles. The second-order valence-electron chi connectivity index (χ2n) is 9.02. The zero-order valence-electron chi connectivity index (χ0n) is 20.7. The minimum Gasteiger partial charge on any atom is -0.494 e. The second-order valence-corrected chi connectivity index (χ2v) is 9.43. The Hall–Kier alpha value is -3.41. The highest BCUT2D eigenvalue weighted by molar-refractivity contribution is 6.32. The molecule has 3 aliphatic heterocycles. The first-order chi connectivity index (χ1) is 18.0. The van der Waals surface area contributed by atoms with Crippen molar-refractivity contribution in [1.29, 1.82) is 0 Å². The van der Waals surface area contributed by atoms with Gasteiger partial charge in [-0.1, -0.05) is 11.6 Å². The van der Waals surface area contributed by atoms with E-state index in [0.29, 0.717) is 97.9 Å². The molecule has 4 bridgehead atoms. The predicted octanol–water partition coefficient (Wildman–Crippen LogP) is 2.45. The van der Waals surface area contributed by atoms with E-state index in [2.05, 4.69) is 29.7 Å². The van der Waals surface area contributed by atoms with Crippen molar-refractivity contribution in [2.75, 3.05) is 71.0 Å². The molecule has 12 heteroatoms. The number of amides is 1. The lowest BCUT2D eigenvalue weighted by Crippen LogP contribution is -2.51. The third-order valence-electron chi connectivity index (χ3n) is 6.62. The van der Waals surface area contributed by atoms with Gasteiger partial charge in [-0.2, -0.15) is 0 Å². The number of anilines is 1. The average molecular weight is 528 g/mol. The number of benzene rings is 1. The smallest absolute Gasteiger partial charge is 0.236 e. The molecule has 1 aromatic carbocycles. The number of piperazine rings is 1. The molecule has 11 nitrogen and oxygen atoms in total. The van der Waals surface area contributed by atoms with Crippen LogP contribution in [0, 0.1) is 0 Å². The molecule has 196 valence electrons. The van der Waals surface area contributed by atoms with Crippen LogP contribution in [0.25, 0.3) is 11.0 Å². The Morgan fingerprint density at radius 3 is 2.78 bits per heavy atom. The van der Waals surface area contributed by atoms with E-state index in [1.54, 1.807) is 31.5 Å². The number of aromatic amines is 1. The van der Waals surface area contributed by atoms with E-state index in [1.165, 1.54) is 6.33 Å². The summed E-state index contributed by atoms with van der Waals surface area (Å²) in [4.78, 5) is 35.6. The Morgan fingerprint density at radius 2 is 1.97 bits per heavy atom. The lowest BCUT2D eigenvalue weighted by molar-refractivity contribution is -0.132. The summed E-state index contributed by atoms with van der Waals surface area (Å²) in [6.07, 6.45) is 3.78. The van der Waals surface area contributed by atoms with Gasteiger partial charge in [0.05, 0.1) is 41.4 Å². The van der Waals surface area contributed by atoms with E-state index in [4.69, 9.17) is 21.1 Å². The van der Waals surface area contributed by atoms with Crippen LogP contribution in [0.5, 0.6) is 11.6 Å². The molecule has 0 atom stereocenters. The summed E-state index contributed by atoms with van der Waals surface area (Å²) in [5, 5.41) is 11.8. The van der Waals surface area contributed by atoms with Gasteiger partial charge in [0.15, 0.2) is 5.88 Å². The molecular formula is C25H30ClN7O4. The van der Waals surface area contributed by atoms with Crippen LogP contribution in [0.2, 0.25) is 5.02 Å². The van der Waals surface area contributed by atoms with Gasteiger partial charge >= 0.3 is 0 Å². The summed E-state index contributed by atoms with van der Waals surface area (Å²) in [5.41, 5.74) is 1.64. The number of aromatic nitrogens is 3. The Balaban J connectivity index is 1.50. The first-order valence-electron chi connectivity index (χ1n) is 12.3. The molecule has 1 amide bonds. The van der Waals surface area contributed by atoms with Crippen molar-refractivity contribution >= 4 is 46.3 Å². The monoisotopic (exact) mass is 527 g/mol. The average Bonchev–Trinajstić information content (AvgIpc) is 3.24. The molecule has 2 aromatic heterocycles. The van der Waals surface area contributed by atoms with E-state index in [9.17, 15) is 9.90 Å². The number of halogens is 1. The highest BCUT2D eigenvalue weighted by Crippen LogP contribution is 2.33. The van der Waals surface area contributed by atoms with Crippen LogP contribution in [-0.2, 0) is 9.53 Å². The van der Waals surface area contributed by atoms with Crippen LogP contribution < -0.4 is 9.64 Å². The normalized spacial score (nSPS) is 17.5. The number of aliphatic imine (C=N–C) groups is 1. The Labute approximate surface area is 219 Å². The molecular weight excluding hydrogens is 498 g/mol. The number of aromatic hydroxyl groups is 1. The van der Waals surface area contributed by atoms with Crippen LogP contribution in [0.15, 0.2) is 29.5 Å². The number of nitrogens with zero attached hydrogens (tertiary/aromatic N) is 6. The summed E-state index contributed by atoms with van der Waals surface area (Å²) >= 11 is 6.36. The van der Waals surface area contributed by atoms with Gasteiger partial charge in [0, 0.05) is 58.7 Å². The molecule has 0 unspecified atom stereocenters. The Morgan fingerprint density at radius 1 is 1.16 bits per heavy atom. The molecule has 0 spiro atoms. The van der Waals surface area contributed by atoms with Crippen molar-refractivity contribution in [3.05, 3.63) is 35.1 Å². The van der Waals surface area contributed by atoms with Crippen LogP contribution in [-0.4, -0.2) is 108 Å². The van der Waals surface area contributed by atoms with Gasteiger partial charge in [0.2, 0.25) is 5.91 Å². The number of rotatable bonds is 3. The van der Waals surface area contributed by atoms with Gasteiger partial charge in [-0.25, -0.2) is 9.97 Å². The van der Waals surface area contributed by atoms with E-state index >= 15 is 0 Å². The van der Waals surface area contributed by atoms with E-state index in [-0.39, 0.29) is 11.8 Å². The van der Waals surface area contributed by atoms with E-state index in [0.717, 1.165) is 6.42 Å². The number of fused-ring (bicyclic) bond motifs is 8. The molecule has 37 heavy (non-hydrogen) atoms. The minimum atomic E-state index is -0.0400. The zero-order chi connectivity index (χ0) is 25.8. The lowest BCUT2D eigenvalue weighted by Gasteiger charge is -2.36. The van der Waals surface area contributed by atoms with Crippen molar-refractivity contribution in [2.24, 2.45) is 4.99 Å². The lowest BCUT2D eigenvalue weighted by atomic mass is 10.2. The zero-order valence-corrected chi connectivity index (χ0v) is 21.4. The van der Waals surface area contributed by atoms with Crippen LogP contribution in [0.4, 0.5) is 11.5 Å².